The third-order valence-electron chi connectivity index (χ3n) is 4.36. The largest absolute Gasteiger partial charge is 0.103 e. The second kappa shape index (κ2) is 18.5. The van der Waals surface area contributed by atoms with E-state index in [9.17, 15) is 0 Å². The lowest BCUT2D eigenvalue weighted by Crippen LogP contribution is -1.93. The van der Waals surface area contributed by atoms with Crippen LogP contribution in [-0.4, -0.2) is 0 Å². The van der Waals surface area contributed by atoms with Crippen molar-refractivity contribution < 1.29 is 0 Å². The first kappa shape index (κ1) is 24.7. The summed E-state index contributed by atoms with van der Waals surface area (Å²) in [6.45, 7) is 13.0. The molecule has 0 bridgehead atoms. The van der Waals surface area contributed by atoms with E-state index in [4.69, 9.17) is 0 Å². The highest BCUT2D eigenvalue weighted by Crippen LogP contribution is 2.14. The lowest BCUT2D eigenvalue weighted by Gasteiger charge is -2.07. The Hall–Kier alpha value is -1.30. The number of rotatable bonds is 16. The van der Waals surface area contributed by atoms with E-state index in [2.05, 4.69) is 89.0 Å². The Morgan fingerprint density at radius 3 is 1.38 bits per heavy atom. The Labute approximate surface area is 164 Å². The summed E-state index contributed by atoms with van der Waals surface area (Å²) in [5.41, 5.74) is 0. The second-order valence-corrected chi connectivity index (χ2v) is 8.11. The zero-order valence-corrected chi connectivity index (χ0v) is 18.0. The molecule has 0 N–H and O–H groups in total. The number of hydrogen-bond acceptors (Lipinski definition) is 0. The Balaban J connectivity index is 3.64. The molecule has 0 aromatic rings. The third-order valence-corrected chi connectivity index (χ3v) is 4.36. The number of unbranched alkanes of at least 4 members (excludes halogenated alkanes) is 2. The summed E-state index contributed by atoms with van der Waals surface area (Å²) < 4.78 is 0. The summed E-state index contributed by atoms with van der Waals surface area (Å²) in [6, 6.07) is 0. The fourth-order valence-corrected chi connectivity index (χ4v) is 2.62. The van der Waals surface area contributed by atoms with Gasteiger partial charge < -0.3 is 0 Å². The van der Waals surface area contributed by atoms with Crippen molar-refractivity contribution in [1.82, 2.24) is 0 Å². The standard InChI is InChI=1S/C26H44/c1-6-26(23-19-18-21-25(4)5)22-17-15-13-11-9-7-8-10-12-14-16-20-24(2)3/h6-8,13-16,18-19,24-26H,1,9-12,17,20-23H2,2-5H3/b8-7+,15-13-,16-14-,19-18-. The van der Waals surface area contributed by atoms with Crippen LogP contribution >= 0.6 is 0 Å². The van der Waals surface area contributed by atoms with E-state index >= 15 is 0 Å². The highest BCUT2D eigenvalue weighted by Gasteiger charge is 2.00. The van der Waals surface area contributed by atoms with Gasteiger partial charge in [0.1, 0.15) is 0 Å². The fraction of sp³-hybridized carbons (Fsp3) is 0.615. The van der Waals surface area contributed by atoms with Crippen LogP contribution in [-0.2, 0) is 0 Å². The molecule has 0 rings (SSSR count). The van der Waals surface area contributed by atoms with Crippen LogP contribution in [0.4, 0.5) is 0 Å². The quantitative estimate of drug-likeness (QED) is 0.191. The summed E-state index contributed by atoms with van der Waals surface area (Å²) in [5.74, 6) is 2.15. The molecule has 26 heavy (non-hydrogen) atoms. The average molecular weight is 357 g/mol. The van der Waals surface area contributed by atoms with Gasteiger partial charge in [0.15, 0.2) is 0 Å². The lowest BCUT2D eigenvalue weighted by atomic mass is 9.98. The molecule has 0 aromatic heterocycles. The zero-order chi connectivity index (χ0) is 19.5. The molecule has 0 radical (unpaired) electrons. The van der Waals surface area contributed by atoms with E-state index in [0.717, 1.165) is 31.1 Å². The van der Waals surface area contributed by atoms with Crippen LogP contribution in [0.3, 0.4) is 0 Å². The van der Waals surface area contributed by atoms with Gasteiger partial charge in [-0.15, -0.1) is 6.58 Å². The fourth-order valence-electron chi connectivity index (χ4n) is 2.62. The predicted octanol–water partition coefficient (Wildman–Crippen LogP) is 8.84. The van der Waals surface area contributed by atoms with E-state index in [1.807, 2.05) is 0 Å². The highest BCUT2D eigenvalue weighted by atomic mass is 14.1. The summed E-state index contributed by atoms with van der Waals surface area (Å²) in [6.07, 6.45) is 31.3. The Morgan fingerprint density at radius 1 is 0.538 bits per heavy atom. The molecule has 0 amide bonds. The molecule has 0 aliphatic carbocycles. The van der Waals surface area contributed by atoms with Gasteiger partial charge in [-0.3, -0.25) is 0 Å². The van der Waals surface area contributed by atoms with Gasteiger partial charge in [0.25, 0.3) is 0 Å². The highest BCUT2D eigenvalue weighted by molar-refractivity contribution is 4.93. The van der Waals surface area contributed by atoms with Gasteiger partial charge in [0.05, 0.1) is 0 Å². The van der Waals surface area contributed by atoms with E-state index in [-0.39, 0.29) is 0 Å². The SMILES string of the molecule is C=CC(C/C=C\CC(C)C)CC/C=C\CC/C=C/CC/C=C\CC(C)C. The lowest BCUT2D eigenvalue weighted by molar-refractivity contribution is 0.603. The van der Waals surface area contributed by atoms with Crippen molar-refractivity contribution in [3.63, 3.8) is 0 Å². The molecule has 0 saturated heterocycles. The van der Waals surface area contributed by atoms with Crippen molar-refractivity contribution in [2.24, 2.45) is 17.8 Å². The first-order valence-corrected chi connectivity index (χ1v) is 10.8. The monoisotopic (exact) mass is 356 g/mol. The molecule has 0 aliphatic rings. The molecule has 0 aliphatic heterocycles. The maximum absolute atomic E-state index is 3.99. The minimum atomic E-state index is 0.617. The molecular formula is C26H44. The summed E-state index contributed by atoms with van der Waals surface area (Å²) in [7, 11) is 0. The van der Waals surface area contributed by atoms with Gasteiger partial charge >= 0.3 is 0 Å². The number of allylic oxidation sites excluding steroid dienone is 9. The first-order valence-electron chi connectivity index (χ1n) is 10.8. The second-order valence-electron chi connectivity index (χ2n) is 8.11. The van der Waals surface area contributed by atoms with Gasteiger partial charge in [0, 0.05) is 0 Å². The van der Waals surface area contributed by atoms with Crippen LogP contribution < -0.4 is 0 Å². The normalized spacial score (nSPS) is 14.1. The van der Waals surface area contributed by atoms with Crippen molar-refractivity contribution in [2.45, 2.75) is 85.5 Å². The minimum absolute atomic E-state index is 0.617. The Kier molecular flexibility index (Phi) is 17.6. The molecule has 1 atom stereocenters. The molecule has 0 spiro atoms. The molecule has 0 fully saturated rings. The van der Waals surface area contributed by atoms with Crippen molar-refractivity contribution in [1.29, 1.82) is 0 Å². The molecular weight excluding hydrogens is 312 g/mol. The van der Waals surface area contributed by atoms with Gasteiger partial charge in [-0.1, -0.05) is 82.4 Å². The van der Waals surface area contributed by atoms with Crippen LogP contribution in [0.1, 0.15) is 85.5 Å². The number of hydrogen-bond donors (Lipinski definition) is 0. The maximum Gasteiger partial charge on any atom is -0.0199 e. The van der Waals surface area contributed by atoms with E-state index in [1.54, 1.807) is 0 Å². The third kappa shape index (κ3) is 19.0. The Morgan fingerprint density at radius 2 is 0.923 bits per heavy atom. The molecule has 0 saturated carbocycles. The topological polar surface area (TPSA) is 0 Å². The molecule has 148 valence electrons. The molecule has 1 unspecified atom stereocenters. The van der Waals surface area contributed by atoms with Crippen LogP contribution in [0.2, 0.25) is 0 Å². The summed E-state index contributed by atoms with van der Waals surface area (Å²) >= 11 is 0. The van der Waals surface area contributed by atoms with Crippen molar-refractivity contribution in [3.05, 3.63) is 61.3 Å². The summed E-state index contributed by atoms with van der Waals surface area (Å²) in [5, 5.41) is 0. The van der Waals surface area contributed by atoms with E-state index < -0.39 is 0 Å². The van der Waals surface area contributed by atoms with Gasteiger partial charge in [0.2, 0.25) is 0 Å². The van der Waals surface area contributed by atoms with E-state index in [1.165, 1.54) is 38.5 Å². The maximum atomic E-state index is 3.99. The van der Waals surface area contributed by atoms with Crippen molar-refractivity contribution in [2.75, 3.05) is 0 Å². The van der Waals surface area contributed by atoms with Crippen LogP contribution in [0, 0.1) is 17.8 Å². The predicted molar refractivity (Wildman–Crippen MR) is 121 cm³/mol. The smallest absolute Gasteiger partial charge is 0.0199 e. The molecule has 0 nitrogen and oxygen atoms in total. The Bertz CT molecular complexity index is 417. The van der Waals surface area contributed by atoms with Crippen LogP contribution in [0.5, 0.6) is 0 Å². The molecule has 0 heterocycles. The molecule has 0 aromatic carbocycles. The zero-order valence-electron chi connectivity index (χ0n) is 18.0. The van der Waals surface area contributed by atoms with Crippen LogP contribution in [0.15, 0.2) is 61.3 Å². The van der Waals surface area contributed by atoms with Crippen molar-refractivity contribution >= 4 is 0 Å². The van der Waals surface area contributed by atoms with Gasteiger partial charge in [-0.25, -0.2) is 0 Å². The first-order chi connectivity index (χ1) is 12.6. The molecule has 0 heteroatoms. The van der Waals surface area contributed by atoms with Crippen LogP contribution in [0.25, 0.3) is 0 Å². The van der Waals surface area contributed by atoms with E-state index in [0.29, 0.717) is 5.92 Å². The average Bonchev–Trinajstić information content (AvgIpc) is 2.60. The summed E-state index contributed by atoms with van der Waals surface area (Å²) in [4.78, 5) is 0. The minimum Gasteiger partial charge on any atom is -0.103 e. The van der Waals surface area contributed by atoms with Gasteiger partial charge in [-0.05, 0) is 75.5 Å². The van der Waals surface area contributed by atoms with Crippen molar-refractivity contribution in [3.8, 4) is 0 Å². The van der Waals surface area contributed by atoms with Gasteiger partial charge in [-0.2, -0.15) is 0 Å².